The van der Waals surface area contributed by atoms with Gasteiger partial charge in [-0.2, -0.15) is 13.9 Å². The van der Waals surface area contributed by atoms with Crippen LogP contribution in [0.2, 0.25) is 0 Å². The number of nitrogens with zero attached hydrogens (tertiary/aromatic N) is 1. The fourth-order valence-electron chi connectivity index (χ4n) is 1.87. The quantitative estimate of drug-likeness (QED) is 0.871. The lowest BCUT2D eigenvalue weighted by Gasteiger charge is -2.11. The molecule has 0 atom stereocenters. The molecule has 21 heavy (non-hydrogen) atoms. The molecule has 2 rings (SSSR count). The zero-order valence-corrected chi connectivity index (χ0v) is 11.8. The number of halogens is 2. The standard InChI is InChI=1S/C12H13F2N3O3S/c1-20-9-4-7(11-8(5-15)6-16-17-11)2-3-10(9)21(18,19)12(13)14/h2-4,6,12H,5,15H2,1H3,(H,16,17). The number of aromatic nitrogens is 2. The van der Waals surface area contributed by atoms with E-state index in [2.05, 4.69) is 10.2 Å². The van der Waals surface area contributed by atoms with Crippen molar-refractivity contribution in [1.82, 2.24) is 10.2 Å². The number of methoxy groups -OCH3 is 1. The summed E-state index contributed by atoms with van der Waals surface area (Å²) in [6.45, 7) is 0.227. The summed E-state index contributed by atoms with van der Waals surface area (Å²) in [7, 11) is -3.52. The maximum Gasteiger partial charge on any atom is 0.341 e. The number of hydrogen-bond donors (Lipinski definition) is 2. The van der Waals surface area contributed by atoms with Crippen molar-refractivity contribution in [3.8, 4) is 17.0 Å². The molecular formula is C12H13F2N3O3S. The van der Waals surface area contributed by atoms with Gasteiger partial charge >= 0.3 is 5.76 Å². The number of nitrogens with two attached hydrogens (primary N) is 1. The van der Waals surface area contributed by atoms with Gasteiger partial charge in [-0.05, 0) is 12.1 Å². The van der Waals surface area contributed by atoms with Crippen LogP contribution in [0, 0.1) is 0 Å². The zero-order valence-electron chi connectivity index (χ0n) is 11.0. The monoisotopic (exact) mass is 317 g/mol. The molecule has 3 N–H and O–H groups in total. The summed E-state index contributed by atoms with van der Waals surface area (Å²) in [5.41, 5.74) is 7.39. The SMILES string of the molecule is COc1cc(-c2[nH]ncc2CN)ccc1S(=O)(=O)C(F)F. The number of rotatable bonds is 5. The van der Waals surface area contributed by atoms with E-state index in [1.165, 1.54) is 25.4 Å². The topological polar surface area (TPSA) is 98.1 Å². The van der Waals surface area contributed by atoms with Gasteiger partial charge in [0, 0.05) is 17.7 Å². The van der Waals surface area contributed by atoms with E-state index in [4.69, 9.17) is 10.5 Å². The van der Waals surface area contributed by atoms with Crippen molar-refractivity contribution < 1.29 is 21.9 Å². The van der Waals surface area contributed by atoms with Gasteiger partial charge in [0.15, 0.2) is 0 Å². The van der Waals surface area contributed by atoms with Crippen LogP contribution in [0.1, 0.15) is 5.56 Å². The first-order valence-electron chi connectivity index (χ1n) is 5.84. The molecular weight excluding hydrogens is 304 g/mol. The van der Waals surface area contributed by atoms with E-state index >= 15 is 0 Å². The Balaban J connectivity index is 2.57. The first kappa shape index (κ1) is 15.4. The van der Waals surface area contributed by atoms with Crippen LogP contribution in [0.15, 0.2) is 29.3 Å². The van der Waals surface area contributed by atoms with E-state index in [1.54, 1.807) is 0 Å². The molecule has 0 spiro atoms. The summed E-state index contributed by atoms with van der Waals surface area (Å²) in [5.74, 6) is -3.67. The van der Waals surface area contributed by atoms with E-state index in [-0.39, 0.29) is 12.3 Å². The Morgan fingerprint density at radius 2 is 2.14 bits per heavy atom. The lowest BCUT2D eigenvalue weighted by atomic mass is 10.1. The van der Waals surface area contributed by atoms with Crippen LogP contribution in [0.3, 0.4) is 0 Å². The Morgan fingerprint density at radius 3 is 2.71 bits per heavy atom. The average Bonchev–Trinajstić information content (AvgIpc) is 2.94. The minimum atomic E-state index is -4.73. The van der Waals surface area contributed by atoms with Gasteiger partial charge in [-0.3, -0.25) is 5.10 Å². The smallest absolute Gasteiger partial charge is 0.341 e. The van der Waals surface area contributed by atoms with Gasteiger partial charge in [-0.25, -0.2) is 8.42 Å². The molecule has 0 unspecified atom stereocenters. The molecule has 0 bridgehead atoms. The van der Waals surface area contributed by atoms with Crippen molar-refractivity contribution in [1.29, 1.82) is 0 Å². The molecule has 0 fully saturated rings. The molecule has 2 aromatic rings. The number of H-pyrrole nitrogens is 1. The molecule has 114 valence electrons. The van der Waals surface area contributed by atoms with Crippen molar-refractivity contribution in [3.05, 3.63) is 30.0 Å². The number of sulfone groups is 1. The van der Waals surface area contributed by atoms with Crippen LogP contribution in [-0.4, -0.2) is 31.5 Å². The van der Waals surface area contributed by atoms with Crippen molar-refractivity contribution in [2.45, 2.75) is 17.2 Å². The van der Waals surface area contributed by atoms with Gasteiger partial charge in [-0.15, -0.1) is 0 Å². The van der Waals surface area contributed by atoms with Crippen LogP contribution < -0.4 is 10.5 Å². The molecule has 0 amide bonds. The number of benzene rings is 1. The number of aromatic amines is 1. The first-order chi connectivity index (χ1) is 9.91. The number of ether oxygens (including phenoxy) is 1. The van der Waals surface area contributed by atoms with Gasteiger partial charge in [0.05, 0.1) is 19.0 Å². The highest BCUT2D eigenvalue weighted by Gasteiger charge is 2.30. The molecule has 1 aromatic heterocycles. The van der Waals surface area contributed by atoms with Crippen LogP contribution in [-0.2, 0) is 16.4 Å². The second-order valence-electron chi connectivity index (χ2n) is 4.15. The molecule has 0 aliphatic heterocycles. The summed E-state index contributed by atoms with van der Waals surface area (Å²) in [4.78, 5) is -0.558. The fraction of sp³-hybridized carbons (Fsp3) is 0.250. The average molecular weight is 317 g/mol. The van der Waals surface area contributed by atoms with Crippen molar-refractivity contribution in [2.24, 2.45) is 5.73 Å². The molecule has 0 radical (unpaired) electrons. The van der Waals surface area contributed by atoms with Gasteiger partial charge < -0.3 is 10.5 Å². The Morgan fingerprint density at radius 1 is 1.43 bits per heavy atom. The molecule has 1 aromatic carbocycles. The minimum absolute atomic E-state index is 0.162. The number of hydrogen-bond acceptors (Lipinski definition) is 5. The van der Waals surface area contributed by atoms with E-state index < -0.39 is 20.5 Å². The van der Waals surface area contributed by atoms with Crippen molar-refractivity contribution in [2.75, 3.05) is 7.11 Å². The van der Waals surface area contributed by atoms with E-state index in [9.17, 15) is 17.2 Å². The largest absolute Gasteiger partial charge is 0.495 e. The zero-order chi connectivity index (χ0) is 15.6. The summed E-state index contributed by atoms with van der Waals surface area (Å²) < 4.78 is 53.3. The predicted octanol–water partition coefficient (Wildman–Crippen LogP) is 1.54. The second kappa shape index (κ2) is 5.78. The highest BCUT2D eigenvalue weighted by atomic mass is 32.2. The summed E-state index contributed by atoms with van der Waals surface area (Å²) in [6, 6.07) is 3.82. The summed E-state index contributed by atoms with van der Waals surface area (Å²) in [6.07, 6.45) is 1.53. The van der Waals surface area contributed by atoms with Gasteiger partial charge in [0.1, 0.15) is 10.6 Å². The number of alkyl halides is 2. The predicted molar refractivity (Wildman–Crippen MR) is 71.7 cm³/mol. The van der Waals surface area contributed by atoms with Gasteiger partial charge in [0.25, 0.3) is 0 Å². The lowest BCUT2D eigenvalue weighted by molar-refractivity contribution is 0.234. The third-order valence-electron chi connectivity index (χ3n) is 2.93. The lowest BCUT2D eigenvalue weighted by Crippen LogP contribution is -2.12. The third-order valence-corrected chi connectivity index (χ3v) is 4.35. The highest BCUT2D eigenvalue weighted by molar-refractivity contribution is 7.91. The second-order valence-corrected chi connectivity index (χ2v) is 6.03. The van der Waals surface area contributed by atoms with Gasteiger partial charge in [0.2, 0.25) is 9.84 Å². The summed E-state index contributed by atoms with van der Waals surface area (Å²) in [5, 5.41) is 6.56. The van der Waals surface area contributed by atoms with Crippen molar-refractivity contribution in [3.63, 3.8) is 0 Å². The molecule has 0 aliphatic rings. The van der Waals surface area contributed by atoms with E-state index in [0.29, 0.717) is 16.8 Å². The molecule has 0 saturated heterocycles. The van der Waals surface area contributed by atoms with Crippen LogP contribution >= 0.6 is 0 Å². The van der Waals surface area contributed by atoms with Crippen LogP contribution in [0.4, 0.5) is 8.78 Å². The number of nitrogens with one attached hydrogen (secondary N) is 1. The minimum Gasteiger partial charge on any atom is -0.495 e. The van der Waals surface area contributed by atoms with E-state index in [0.717, 1.165) is 6.07 Å². The van der Waals surface area contributed by atoms with E-state index in [1.807, 2.05) is 0 Å². The Labute approximate surface area is 119 Å². The maximum absolute atomic E-state index is 12.6. The highest BCUT2D eigenvalue weighted by Crippen LogP contribution is 2.33. The molecule has 0 aliphatic carbocycles. The molecule has 1 heterocycles. The summed E-state index contributed by atoms with van der Waals surface area (Å²) >= 11 is 0. The first-order valence-corrected chi connectivity index (χ1v) is 7.39. The van der Waals surface area contributed by atoms with Crippen LogP contribution in [0.25, 0.3) is 11.3 Å². The third kappa shape index (κ3) is 2.74. The van der Waals surface area contributed by atoms with Gasteiger partial charge in [-0.1, -0.05) is 6.07 Å². The Hall–Kier alpha value is -2.00. The molecule has 0 saturated carbocycles. The Kier molecular flexibility index (Phi) is 4.24. The fourth-order valence-corrected chi connectivity index (χ4v) is 2.74. The van der Waals surface area contributed by atoms with Crippen LogP contribution in [0.5, 0.6) is 5.75 Å². The van der Waals surface area contributed by atoms with Crippen molar-refractivity contribution >= 4 is 9.84 Å². The normalized spacial score (nSPS) is 11.9. The maximum atomic E-state index is 12.6. The molecule has 9 heteroatoms. The molecule has 6 nitrogen and oxygen atoms in total. The Bertz CT molecular complexity index is 744.